The topological polar surface area (TPSA) is 73.6 Å². The van der Waals surface area contributed by atoms with Crippen molar-refractivity contribution in [2.75, 3.05) is 24.8 Å². The zero-order valence-corrected chi connectivity index (χ0v) is 14.9. The van der Waals surface area contributed by atoms with Gasteiger partial charge in [-0.15, -0.1) is 12.4 Å². The van der Waals surface area contributed by atoms with Gasteiger partial charge in [0.2, 0.25) is 5.91 Å². The second-order valence-electron chi connectivity index (χ2n) is 5.37. The zero-order valence-electron chi connectivity index (χ0n) is 14.1. The van der Waals surface area contributed by atoms with Crippen molar-refractivity contribution in [1.82, 2.24) is 0 Å². The monoisotopic (exact) mass is 350 g/mol. The number of ether oxygens (including phenoxy) is 2. The third-order valence-electron chi connectivity index (χ3n) is 3.43. The fraction of sp³-hybridized carbons (Fsp3) is 0.278. The number of methoxy groups -OCH3 is 1. The molecule has 1 amide bonds. The maximum absolute atomic E-state index is 11.9. The lowest BCUT2D eigenvalue weighted by Gasteiger charge is -2.11. The Balaban J connectivity index is 0.00000288. The van der Waals surface area contributed by atoms with Gasteiger partial charge >= 0.3 is 0 Å². The van der Waals surface area contributed by atoms with Crippen LogP contribution in [0.5, 0.6) is 11.5 Å². The maximum atomic E-state index is 11.9. The Kier molecular flexibility index (Phi) is 7.39. The van der Waals surface area contributed by atoms with Crippen LogP contribution in [0.25, 0.3) is 0 Å². The molecule has 2 rings (SSSR count). The standard InChI is InChI=1S/C18H22N2O3.ClH/c1-12-4-6-16(13(2)10-12)23-9-8-18(21)20-14-5-7-17(22-3)15(19)11-14;/h4-7,10-11H,8-9,19H2,1-3H3,(H,20,21);1H. The highest BCUT2D eigenvalue weighted by Crippen LogP contribution is 2.24. The van der Waals surface area contributed by atoms with Crippen LogP contribution in [0.2, 0.25) is 0 Å². The highest BCUT2D eigenvalue weighted by Gasteiger charge is 2.06. The number of anilines is 2. The van der Waals surface area contributed by atoms with E-state index in [1.165, 1.54) is 5.56 Å². The van der Waals surface area contributed by atoms with Crippen LogP contribution in [-0.4, -0.2) is 19.6 Å². The number of nitrogens with two attached hydrogens (primary N) is 1. The van der Waals surface area contributed by atoms with E-state index < -0.39 is 0 Å². The molecule has 0 aromatic heterocycles. The molecule has 0 saturated heterocycles. The van der Waals surface area contributed by atoms with E-state index in [0.29, 0.717) is 23.7 Å². The quantitative estimate of drug-likeness (QED) is 0.778. The van der Waals surface area contributed by atoms with Crippen molar-refractivity contribution in [3.63, 3.8) is 0 Å². The van der Waals surface area contributed by atoms with Crippen molar-refractivity contribution in [1.29, 1.82) is 0 Å². The number of aryl methyl sites for hydroxylation is 2. The van der Waals surface area contributed by atoms with E-state index in [2.05, 4.69) is 11.4 Å². The Morgan fingerprint density at radius 1 is 1.12 bits per heavy atom. The zero-order chi connectivity index (χ0) is 16.8. The Morgan fingerprint density at radius 3 is 2.46 bits per heavy atom. The summed E-state index contributed by atoms with van der Waals surface area (Å²) in [6.07, 6.45) is 0.263. The molecule has 0 unspecified atom stereocenters. The normalized spacial score (nSPS) is 9.79. The third kappa shape index (κ3) is 5.35. The molecule has 2 aromatic carbocycles. The van der Waals surface area contributed by atoms with Crippen LogP contribution < -0.4 is 20.5 Å². The number of halogens is 1. The minimum atomic E-state index is -0.126. The number of nitrogen functional groups attached to an aromatic ring is 1. The Morgan fingerprint density at radius 2 is 1.83 bits per heavy atom. The molecule has 6 heteroatoms. The number of benzene rings is 2. The van der Waals surface area contributed by atoms with Crippen LogP contribution in [-0.2, 0) is 4.79 Å². The van der Waals surface area contributed by atoms with E-state index in [1.54, 1.807) is 25.3 Å². The van der Waals surface area contributed by atoms with Gasteiger partial charge in [0, 0.05) is 5.69 Å². The molecule has 3 N–H and O–H groups in total. The molecule has 2 aromatic rings. The molecule has 0 radical (unpaired) electrons. The number of nitrogens with one attached hydrogen (secondary N) is 1. The number of amides is 1. The number of carbonyl (C=O) groups excluding carboxylic acids is 1. The molecule has 0 bridgehead atoms. The summed E-state index contributed by atoms with van der Waals surface area (Å²) in [4.78, 5) is 11.9. The van der Waals surface area contributed by atoms with Crippen LogP contribution in [0.3, 0.4) is 0 Å². The van der Waals surface area contributed by atoms with Crippen molar-refractivity contribution in [2.24, 2.45) is 0 Å². The minimum Gasteiger partial charge on any atom is -0.495 e. The van der Waals surface area contributed by atoms with Gasteiger partial charge in [-0.05, 0) is 43.7 Å². The molecular formula is C18H23ClN2O3. The van der Waals surface area contributed by atoms with Crippen LogP contribution >= 0.6 is 12.4 Å². The summed E-state index contributed by atoms with van der Waals surface area (Å²) in [5, 5.41) is 2.79. The lowest BCUT2D eigenvalue weighted by atomic mass is 10.1. The molecule has 0 spiro atoms. The second-order valence-corrected chi connectivity index (χ2v) is 5.37. The van der Waals surface area contributed by atoms with Gasteiger partial charge in [-0.1, -0.05) is 17.7 Å². The van der Waals surface area contributed by atoms with Crippen molar-refractivity contribution in [3.8, 4) is 11.5 Å². The third-order valence-corrected chi connectivity index (χ3v) is 3.43. The van der Waals surface area contributed by atoms with E-state index in [4.69, 9.17) is 15.2 Å². The van der Waals surface area contributed by atoms with E-state index in [-0.39, 0.29) is 24.7 Å². The predicted octanol–water partition coefficient (Wildman–Crippen LogP) is 3.72. The summed E-state index contributed by atoms with van der Waals surface area (Å²) < 4.78 is 10.7. The first-order valence-electron chi connectivity index (χ1n) is 7.43. The van der Waals surface area contributed by atoms with E-state index in [0.717, 1.165) is 11.3 Å². The first kappa shape index (κ1) is 19.6. The van der Waals surface area contributed by atoms with Gasteiger partial charge in [-0.25, -0.2) is 0 Å². The van der Waals surface area contributed by atoms with Crippen LogP contribution in [0.4, 0.5) is 11.4 Å². The predicted molar refractivity (Wildman–Crippen MR) is 99.3 cm³/mol. The van der Waals surface area contributed by atoms with Crippen LogP contribution in [0.15, 0.2) is 36.4 Å². The molecule has 5 nitrogen and oxygen atoms in total. The van der Waals surface area contributed by atoms with Crippen molar-refractivity contribution < 1.29 is 14.3 Å². The SMILES string of the molecule is COc1ccc(NC(=O)CCOc2ccc(C)cc2C)cc1N.Cl. The maximum Gasteiger partial charge on any atom is 0.227 e. The fourth-order valence-electron chi connectivity index (χ4n) is 2.25. The van der Waals surface area contributed by atoms with Gasteiger partial charge in [-0.2, -0.15) is 0 Å². The molecular weight excluding hydrogens is 328 g/mol. The largest absolute Gasteiger partial charge is 0.495 e. The first-order chi connectivity index (χ1) is 11.0. The van der Waals surface area contributed by atoms with E-state index in [9.17, 15) is 4.79 Å². The molecule has 0 heterocycles. The lowest BCUT2D eigenvalue weighted by Crippen LogP contribution is -2.15. The van der Waals surface area contributed by atoms with Gasteiger partial charge in [0.05, 0.1) is 25.8 Å². The number of carbonyl (C=O) groups is 1. The fourth-order valence-corrected chi connectivity index (χ4v) is 2.25. The van der Waals surface area contributed by atoms with Crippen LogP contribution in [0.1, 0.15) is 17.5 Å². The Hall–Kier alpha value is -2.40. The summed E-state index contributed by atoms with van der Waals surface area (Å²) in [6, 6.07) is 11.1. The lowest BCUT2D eigenvalue weighted by molar-refractivity contribution is -0.116. The van der Waals surface area contributed by atoms with Gasteiger partial charge in [0.1, 0.15) is 11.5 Å². The van der Waals surface area contributed by atoms with Crippen molar-refractivity contribution in [2.45, 2.75) is 20.3 Å². The van der Waals surface area contributed by atoms with Gasteiger partial charge < -0.3 is 20.5 Å². The van der Waals surface area contributed by atoms with Crippen molar-refractivity contribution in [3.05, 3.63) is 47.5 Å². The molecule has 24 heavy (non-hydrogen) atoms. The van der Waals surface area contributed by atoms with Crippen LogP contribution in [0, 0.1) is 13.8 Å². The molecule has 0 aliphatic heterocycles. The average molecular weight is 351 g/mol. The highest BCUT2D eigenvalue weighted by molar-refractivity contribution is 5.91. The minimum absolute atomic E-state index is 0. The second kappa shape index (κ2) is 9.03. The summed E-state index contributed by atoms with van der Waals surface area (Å²) in [5.41, 5.74) is 9.18. The van der Waals surface area contributed by atoms with Gasteiger partial charge in [0.15, 0.2) is 0 Å². The average Bonchev–Trinajstić information content (AvgIpc) is 2.49. The van der Waals surface area contributed by atoms with E-state index >= 15 is 0 Å². The summed E-state index contributed by atoms with van der Waals surface area (Å²) in [7, 11) is 1.55. The van der Waals surface area contributed by atoms with E-state index in [1.807, 2.05) is 26.0 Å². The first-order valence-corrected chi connectivity index (χ1v) is 7.43. The van der Waals surface area contributed by atoms with Crippen molar-refractivity contribution >= 4 is 29.7 Å². The number of rotatable bonds is 6. The Labute approximate surface area is 148 Å². The Bertz CT molecular complexity index is 705. The molecule has 0 fully saturated rings. The highest BCUT2D eigenvalue weighted by atomic mass is 35.5. The molecule has 0 aliphatic carbocycles. The molecule has 130 valence electrons. The summed E-state index contributed by atoms with van der Waals surface area (Å²) in [5.74, 6) is 1.26. The molecule has 0 aliphatic rings. The number of hydrogen-bond acceptors (Lipinski definition) is 4. The summed E-state index contributed by atoms with van der Waals surface area (Å²) in [6.45, 7) is 4.34. The number of hydrogen-bond donors (Lipinski definition) is 2. The molecule has 0 saturated carbocycles. The van der Waals surface area contributed by atoms with Gasteiger partial charge in [0.25, 0.3) is 0 Å². The molecule has 0 atom stereocenters. The summed E-state index contributed by atoms with van der Waals surface area (Å²) >= 11 is 0. The smallest absolute Gasteiger partial charge is 0.227 e. The van der Waals surface area contributed by atoms with Gasteiger partial charge in [-0.3, -0.25) is 4.79 Å².